The number of rotatable bonds is 12. The van der Waals surface area contributed by atoms with Gasteiger partial charge >= 0.3 is 12.0 Å². The number of hydrogen-bond donors (Lipinski definition) is 0. The zero-order valence-corrected chi connectivity index (χ0v) is 22.8. The summed E-state index contributed by atoms with van der Waals surface area (Å²) in [5, 5.41) is 0. The minimum Gasteiger partial charge on any atom is -0.465 e. The fraction of sp³-hybridized carbons (Fsp3) is 0.367. The minimum atomic E-state index is -0.386. The molecule has 9 nitrogen and oxygen atoms in total. The number of carbonyl (C=O) groups is 3. The Hall–Kier alpha value is -4.27. The zero-order valence-electron chi connectivity index (χ0n) is 22.8. The van der Waals surface area contributed by atoms with Crippen molar-refractivity contribution in [3.63, 3.8) is 0 Å². The van der Waals surface area contributed by atoms with Crippen LogP contribution in [0.5, 0.6) is 0 Å². The highest BCUT2D eigenvalue weighted by Crippen LogP contribution is 2.27. The first-order valence-corrected chi connectivity index (χ1v) is 13.4. The van der Waals surface area contributed by atoms with Crippen LogP contribution in [0.1, 0.15) is 72.7 Å². The van der Waals surface area contributed by atoms with Gasteiger partial charge in [0.15, 0.2) is 0 Å². The maximum Gasteiger partial charge on any atom is 0.337 e. The van der Waals surface area contributed by atoms with Gasteiger partial charge in [0.25, 0.3) is 5.91 Å². The Kier molecular flexibility index (Phi) is 9.25. The predicted molar refractivity (Wildman–Crippen MR) is 147 cm³/mol. The molecule has 0 aliphatic carbocycles. The average Bonchev–Trinajstić information content (AvgIpc) is 3.43. The fourth-order valence-corrected chi connectivity index (χ4v) is 4.50. The monoisotopic (exact) mass is 529 g/mol. The van der Waals surface area contributed by atoms with Gasteiger partial charge in [-0.1, -0.05) is 44.9 Å². The number of imide groups is 1. The number of pyridine rings is 1. The van der Waals surface area contributed by atoms with Crippen molar-refractivity contribution in [3.05, 3.63) is 88.9 Å². The number of ether oxygens (including phenoxy) is 1. The number of hydrogen-bond acceptors (Lipinski definition) is 6. The molecule has 1 aliphatic rings. The number of benzene rings is 1. The number of amides is 3. The Morgan fingerprint density at radius 1 is 0.949 bits per heavy atom. The molecule has 3 aromatic rings. The average molecular weight is 530 g/mol. The molecule has 1 saturated heterocycles. The summed E-state index contributed by atoms with van der Waals surface area (Å²) < 4.78 is 6.88. The van der Waals surface area contributed by atoms with Gasteiger partial charge in [-0.2, -0.15) is 0 Å². The quantitative estimate of drug-likeness (QED) is 0.185. The number of methoxy groups -OCH3 is 1. The molecule has 0 bridgehead atoms. The van der Waals surface area contributed by atoms with Crippen molar-refractivity contribution in [2.24, 2.45) is 0 Å². The van der Waals surface area contributed by atoms with E-state index >= 15 is 0 Å². The molecule has 1 aliphatic heterocycles. The number of aryl methyl sites for hydroxylation is 1. The van der Waals surface area contributed by atoms with Crippen molar-refractivity contribution in [2.45, 2.75) is 59.0 Å². The highest BCUT2D eigenvalue weighted by atomic mass is 16.5. The topological polar surface area (TPSA) is 97.6 Å². The smallest absolute Gasteiger partial charge is 0.337 e. The lowest BCUT2D eigenvalue weighted by atomic mass is 10.1. The Balaban J connectivity index is 1.71. The van der Waals surface area contributed by atoms with Crippen molar-refractivity contribution in [1.82, 2.24) is 24.3 Å². The highest BCUT2D eigenvalue weighted by molar-refractivity contribution is 6.13. The number of aromatic nitrogens is 3. The first-order chi connectivity index (χ1) is 19.0. The molecule has 1 aromatic carbocycles. The summed E-state index contributed by atoms with van der Waals surface area (Å²) in [6, 6.07) is 12.4. The summed E-state index contributed by atoms with van der Waals surface area (Å²) in [6.07, 6.45) is 9.59. The third-order valence-corrected chi connectivity index (χ3v) is 6.72. The van der Waals surface area contributed by atoms with E-state index in [1.807, 2.05) is 37.3 Å². The molecule has 2 aromatic heterocycles. The van der Waals surface area contributed by atoms with Crippen molar-refractivity contribution in [3.8, 4) is 0 Å². The van der Waals surface area contributed by atoms with Gasteiger partial charge < -0.3 is 9.30 Å². The first kappa shape index (κ1) is 27.8. The molecule has 0 radical (unpaired) electrons. The lowest BCUT2D eigenvalue weighted by Gasteiger charge is -2.17. The fourth-order valence-electron chi connectivity index (χ4n) is 4.50. The largest absolute Gasteiger partial charge is 0.465 e. The van der Waals surface area contributed by atoms with Gasteiger partial charge in [0, 0.05) is 25.7 Å². The van der Waals surface area contributed by atoms with Crippen LogP contribution in [0.4, 0.5) is 4.79 Å². The number of nitrogens with zero attached hydrogens (tertiary/aromatic N) is 5. The molecule has 3 amide bonds. The molecule has 1 fully saturated rings. The molecular formula is C30H35N5O4. The lowest BCUT2D eigenvalue weighted by molar-refractivity contribution is -0.123. The van der Waals surface area contributed by atoms with Crippen molar-refractivity contribution < 1.29 is 19.1 Å². The van der Waals surface area contributed by atoms with Crippen LogP contribution < -0.4 is 0 Å². The Morgan fingerprint density at radius 3 is 2.38 bits per heavy atom. The predicted octanol–water partition coefficient (Wildman–Crippen LogP) is 5.06. The molecule has 3 heterocycles. The number of esters is 1. The van der Waals surface area contributed by atoms with E-state index < -0.39 is 0 Å². The van der Waals surface area contributed by atoms with E-state index in [4.69, 9.17) is 4.74 Å². The van der Waals surface area contributed by atoms with Gasteiger partial charge in [-0.05, 0) is 48.7 Å². The molecule has 0 spiro atoms. The van der Waals surface area contributed by atoms with E-state index in [0.29, 0.717) is 30.0 Å². The van der Waals surface area contributed by atoms with E-state index in [9.17, 15) is 14.4 Å². The molecule has 4 rings (SSSR count). The lowest BCUT2D eigenvalue weighted by Crippen LogP contribution is -2.33. The molecular weight excluding hydrogens is 494 g/mol. The maximum atomic E-state index is 13.5. The van der Waals surface area contributed by atoms with E-state index in [1.54, 1.807) is 30.6 Å². The van der Waals surface area contributed by atoms with E-state index in [2.05, 4.69) is 21.5 Å². The van der Waals surface area contributed by atoms with Gasteiger partial charge in [-0.3, -0.25) is 19.6 Å². The molecule has 9 heteroatoms. The minimum absolute atomic E-state index is 0.200. The highest BCUT2D eigenvalue weighted by Gasteiger charge is 2.40. The third kappa shape index (κ3) is 6.42. The van der Waals surface area contributed by atoms with Crippen LogP contribution in [0, 0.1) is 0 Å². The molecule has 0 saturated carbocycles. The molecule has 204 valence electrons. The number of imidazole rings is 1. The summed E-state index contributed by atoms with van der Waals surface area (Å²) in [5.74, 6) is 0.203. The second-order valence-corrected chi connectivity index (χ2v) is 9.51. The van der Waals surface area contributed by atoms with Gasteiger partial charge in [0.2, 0.25) is 0 Å². The van der Waals surface area contributed by atoms with Crippen LogP contribution in [0.15, 0.2) is 60.6 Å². The van der Waals surface area contributed by atoms with E-state index in [1.165, 1.54) is 16.9 Å². The van der Waals surface area contributed by atoms with Crippen molar-refractivity contribution in [1.29, 1.82) is 0 Å². The van der Waals surface area contributed by atoms with Gasteiger partial charge in [-0.15, -0.1) is 0 Å². The Labute approximate surface area is 229 Å². The molecule has 0 unspecified atom stereocenters. The summed E-state index contributed by atoms with van der Waals surface area (Å²) in [5.41, 5.74) is 3.20. The Bertz CT molecular complexity index is 1330. The number of urea groups is 1. The SMILES string of the molecule is CCCCc1ncc(/C=C2/C(=O)N(CCCC)C(=O)N2Cc2ccccn2)n1Cc1ccc(C(=O)OC)cc1. The van der Waals surface area contributed by atoms with Crippen LogP contribution in [0.2, 0.25) is 0 Å². The molecule has 39 heavy (non-hydrogen) atoms. The van der Waals surface area contributed by atoms with Gasteiger partial charge in [0.1, 0.15) is 11.5 Å². The number of carbonyl (C=O) groups excluding carboxylic acids is 3. The summed E-state index contributed by atoms with van der Waals surface area (Å²) in [7, 11) is 1.36. The standard InChI is InChI=1S/C30H35N5O4/c1-4-6-11-27-32-19-25(34(27)20-22-12-14-23(15-13-22)29(37)39-3)18-26-28(36)33(17-7-5-2)30(38)35(26)21-24-10-8-9-16-31-24/h8-10,12-16,18-19H,4-7,11,17,20-21H2,1-3H3/b26-18-. The third-order valence-electron chi connectivity index (χ3n) is 6.72. The van der Waals surface area contributed by atoms with Crippen LogP contribution in [0.3, 0.4) is 0 Å². The molecule has 0 atom stereocenters. The normalized spacial score (nSPS) is 14.5. The van der Waals surface area contributed by atoms with Crippen molar-refractivity contribution >= 4 is 24.0 Å². The van der Waals surface area contributed by atoms with Gasteiger partial charge in [-0.25, -0.2) is 14.6 Å². The van der Waals surface area contributed by atoms with E-state index in [0.717, 1.165) is 49.2 Å². The van der Waals surface area contributed by atoms with E-state index in [-0.39, 0.29) is 24.5 Å². The zero-order chi connectivity index (χ0) is 27.8. The maximum absolute atomic E-state index is 13.5. The van der Waals surface area contributed by atoms with Crippen LogP contribution in [-0.2, 0) is 29.0 Å². The number of unbranched alkanes of at least 4 members (excludes halogenated alkanes) is 2. The van der Waals surface area contributed by atoms with Gasteiger partial charge in [0.05, 0.1) is 36.8 Å². The Morgan fingerprint density at radius 2 is 1.72 bits per heavy atom. The first-order valence-electron chi connectivity index (χ1n) is 13.4. The summed E-state index contributed by atoms with van der Waals surface area (Å²) in [6.45, 7) is 5.23. The second kappa shape index (κ2) is 13.0. The van der Waals surface area contributed by atoms with Crippen LogP contribution in [-0.4, -0.2) is 55.9 Å². The summed E-state index contributed by atoms with van der Waals surface area (Å²) in [4.78, 5) is 50.6. The van der Waals surface area contributed by atoms with Crippen LogP contribution in [0.25, 0.3) is 6.08 Å². The molecule has 0 N–H and O–H groups in total. The summed E-state index contributed by atoms with van der Waals surface area (Å²) >= 11 is 0. The second-order valence-electron chi connectivity index (χ2n) is 9.51. The van der Waals surface area contributed by atoms with Crippen molar-refractivity contribution in [2.75, 3.05) is 13.7 Å². The van der Waals surface area contributed by atoms with Crippen LogP contribution >= 0.6 is 0 Å².